The highest BCUT2D eigenvalue weighted by atomic mass is 16.5. The molecule has 33 heavy (non-hydrogen) atoms. The lowest BCUT2D eigenvalue weighted by Crippen LogP contribution is -2.31. The molecule has 1 amide bonds. The number of fused-ring (bicyclic) bond motifs is 1. The molecule has 0 aliphatic rings. The van der Waals surface area contributed by atoms with Gasteiger partial charge >= 0.3 is 0 Å². The van der Waals surface area contributed by atoms with Gasteiger partial charge in [-0.15, -0.1) is 0 Å². The fraction of sp³-hybridized carbons (Fsp3) is 0.393. The molecule has 0 spiro atoms. The number of benzene rings is 2. The van der Waals surface area contributed by atoms with E-state index in [9.17, 15) is 4.79 Å². The molecule has 1 aromatic heterocycles. The molecule has 5 heteroatoms. The highest BCUT2D eigenvalue weighted by Gasteiger charge is 2.19. The summed E-state index contributed by atoms with van der Waals surface area (Å²) in [5, 5.41) is 0.992. The van der Waals surface area contributed by atoms with Crippen LogP contribution in [-0.2, 0) is 4.79 Å². The van der Waals surface area contributed by atoms with Crippen LogP contribution in [0, 0.1) is 6.92 Å². The van der Waals surface area contributed by atoms with E-state index in [0.717, 1.165) is 76.2 Å². The van der Waals surface area contributed by atoms with Crippen LogP contribution in [0.1, 0.15) is 51.7 Å². The Morgan fingerprint density at radius 2 is 1.76 bits per heavy atom. The van der Waals surface area contributed by atoms with Gasteiger partial charge in [0.15, 0.2) is 0 Å². The predicted molar refractivity (Wildman–Crippen MR) is 135 cm³/mol. The summed E-state index contributed by atoms with van der Waals surface area (Å²) in [6.45, 7) is 12.3. The van der Waals surface area contributed by atoms with E-state index in [1.54, 1.807) is 19.4 Å². The van der Waals surface area contributed by atoms with E-state index >= 15 is 0 Å². The van der Waals surface area contributed by atoms with E-state index in [4.69, 9.17) is 13.9 Å². The fourth-order valence-corrected chi connectivity index (χ4v) is 4.22. The molecule has 0 fully saturated rings. The summed E-state index contributed by atoms with van der Waals surface area (Å²) < 4.78 is 17.3. The molecule has 0 aliphatic carbocycles. The van der Waals surface area contributed by atoms with E-state index in [2.05, 4.69) is 19.9 Å². The summed E-state index contributed by atoms with van der Waals surface area (Å²) in [5.74, 6) is 1.61. The normalized spacial score (nSPS) is 11.6. The Hall–Kier alpha value is -3.21. The molecule has 0 saturated carbocycles. The third-order valence-electron chi connectivity index (χ3n) is 5.79. The third-order valence-corrected chi connectivity index (χ3v) is 5.79. The third kappa shape index (κ3) is 5.24. The van der Waals surface area contributed by atoms with E-state index in [-0.39, 0.29) is 5.91 Å². The van der Waals surface area contributed by atoms with Crippen LogP contribution in [0.5, 0.6) is 11.5 Å². The van der Waals surface area contributed by atoms with Crippen molar-refractivity contribution >= 4 is 22.4 Å². The first-order valence-electron chi connectivity index (χ1n) is 11.7. The zero-order valence-corrected chi connectivity index (χ0v) is 20.7. The van der Waals surface area contributed by atoms with Crippen molar-refractivity contribution in [1.82, 2.24) is 4.90 Å². The molecule has 0 saturated heterocycles. The van der Waals surface area contributed by atoms with E-state index in [0.29, 0.717) is 6.61 Å². The smallest absolute Gasteiger partial charge is 0.246 e. The van der Waals surface area contributed by atoms with Crippen molar-refractivity contribution in [2.45, 2.75) is 47.5 Å². The van der Waals surface area contributed by atoms with Gasteiger partial charge in [0.25, 0.3) is 0 Å². The largest absolute Gasteiger partial charge is 0.496 e. The van der Waals surface area contributed by atoms with Gasteiger partial charge in [-0.3, -0.25) is 4.79 Å². The van der Waals surface area contributed by atoms with Crippen molar-refractivity contribution in [3.63, 3.8) is 0 Å². The average Bonchev–Trinajstić information content (AvgIpc) is 3.24. The number of rotatable bonds is 10. The Labute approximate surface area is 197 Å². The molecular formula is C28H35NO4. The summed E-state index contributed by atoms with van der Waals surface area (Å²) in [6.07, 6.45) is 5.39. The minimum atomic E-state index is 0.0370. The molecule has 176 valence electrons. The number of carbonyl (C=O) groups excluding carboxylic acids is 1. The van der Waals surface area contributed by atoms with Crippen LogP contribution in [0.2, 0.25) is 0 Å². The van der Waals surface area contributed by atoms with Gasteiger partial charge < -0.3 is 18.8 Å². The molecule has 0 bridgehead atoms. The minimum Gasteiger partial charge on any atom is -0.496 e. The second-order valence-electron chi connectivity index (χ2n) is 8.22. The molecule has 3 rings (SSSR count). The molecular weight excluding hydrogens is 414 g/mol. The predicted octanol–water partition coefficient (Wildman–Crippen LogP) is 6.87. The first-order valence-corrected chi connectivity index (χ1v) is 11.7. The molecule has 3 aromatic rings. The molecule has 5 nitrogen and oxygen atoms in total. The van der Waals surface area contributed by atoms with Crippen molar-refractivity contribution in [1.29, 1.82) is 0 Å². The number of hydrogen-bond acceptors (Lipinski definition) is 4. The van der Waals surface area contributed by atoms with Gasteiger partial charge in [0.05, 0.1) is 20.0 Å². The zero-order valence-electron chi connectivity index (χ0n) is 20.7. The van der Waals surface area contributed by atoms with Crippen LogP contribution in [0.15, 0.2) is 47.1 Å². The standard InChI is InChI=1S/C28H35NO4/c1-7-14-29(15-8-2)26(30)16-19(4)23-17-24-25(18-33-28(24)20(5)27(23)31-6)21-10-12-22(13-11-21)32-9-3/h10-13,16-18H,7-9,14-15H2,1-6H3/b19-16+. The van der Waals surface area contributed by atoms with Gasteiger partial charge in [0.1, 0.15) is 17.1 Å². The Balaban J connectivity index is 2.08. The minimum absolute atomic E-state index is 0.0370. The zero-order chi connectivity index (χ0) is 24.0. The number of carbonyl (C=O) groups is 1. The molecule has 2 aromatic carbocycles. The molecule has 0 N–H and O–H groups in total. The van der Waals surface area contributed by atoms with E-state index in [1.165, 1.54) is 0 Å². The van der Waals surface area contributed by atoms with Crippen LogP contribution >= 0.6 is 0 Å². The summed E-state index contributed by atoms with van der Waals surface area (Å²) >= 11 is 0. The number of furan rings is 1. The molecule has 0 unspecified atom stereocenters. The number of allylic oxidation sites excluding steroid dienone is 1. The van der Waals surface area contributed by atoms with E-state index < -0.39 is 0 Å². The summed E-state index contributed by atoms with van der Waals surface area (Å²) in [6, 6.07) is 10.1. The Morgan fingerprint density at radius 1 is 1.09 bits per heavy atom. The summed E-state index contributed by atoms with van der Waals surface area (Å²) in [7, 11) is 1.66. The van der Waals surface area contributed by atoms with Gasteiger partial charge in [-0.25, -0.2) is 0 Å². The lowest BCUT2D eigenvalue weighted by atomic mass is 9.96. The Morgan fingerprint density at radius 3 is 2.33 bits per heavy atom. The van der Waals surface area contributed by atoms with Gasteiger partial charge in [-0.1, -0.05) is 26.0 Å². The maximum absolute atomic E-state index is 13.0. The van der Waals surface area contributed by atoms with Gasteiger partial charge in [0, 0.05) is 41.2 Å². The highest BCUT2D eigenvalue weighted by Crippen LogP contribution is 2.40. The topological polar surface area (TPSA) is 51.9 Å². The number of hydrogen-bond donors (Lipinski definition) is 0. The fourth-order valence-electron chi connectivity index (χ4n) is 4.22. The van der Waals surface area contributed by atoms with Crippen LogP contribution in [0.4, 0.5) is 0 Å². The average molecular weight is 450 g/mol. The molecule has 1 heterocycles. The molecule has 0 aliphatic heterocycles. The lowest BCUT2D eigenvalue weighted by molar-refractivity contribution is -0.126. The second-order valence-corrected chi connectivity index (χ2v) is 8.22. The number of methoxy groups -OCH3 is 1. The summed E-state index contributed by atoms with van der Waals surface area (Å²) in [4.78, 5) is 14.9. The van der Waals surface area contributed by atoms with Crippen molar-refractivity contribution in [2.24, 2.45) is 0 Å². The quantitative estimate of drug-likeness (QED) is 0.317. The SMILES string of the molecule is CCCN(CCC)C(=O)/C=C(\C)c1cc2c(-c3ccc(OCC)cc3)coc2c(C)c1OC. The van der Waals surface area contributed by atoms with Crippen LogP contribution in [0.25, 0.3) is 27.7 Å². The second kappa shape index (κ2) is 11.1. The number of ether oxygens (including phenoxy) is 2. The maximum atomic E-state index is 13.0. The van der Waals surface area contributed by atoms with Crippen LogP contribution in [0.3, 0.4) is 0 Å². The van der Waals surface area contributed by atoms with Crippen molar-refractivity contribution in [2.75, 3.05) is 26.8 Å². The number of aryl methyl sites for hydroxylation is 1. The van der Waals surface area contributed by atoms with E-state index in [1.807, 2.05) is 49.9 Å². The van der Waals surface area contributed by atoms with Gasteiger partial charge in [-0.2, -0.15) is 0 Å². The van der Waals surface area contributed by atoms with Gasteiger partial charge in [-0.05, 0) is 62.9 Å². The first kappa shape index (κ1) is 24.4. The molecule has 0 radical (unpaired) electrons. The van der Waals surface area contributed by atoms with Crippen molar-refractivity contribution in [3.8, 4) is 22.6 Å². The maximum Gasteiger partial charge on any atom is 0.246 e. The van der Waals surface area contributed by atoms with Crippen LogP contribution in [-0.4, -0.2) is 37.6 Å². The Bertz CT molecular complexity index is 1120. The van der Waals surface area contributed by atoms with Crippen LogP contribution < -0.4 is 9.47 Å². The van der Waals surface area contributed by atoms with Crippen molar-refractivity contribution in [3.05, 3.63) is 53.8 Å². The monoisotopic (exact) mass is 449 g/mol. The van der Waals surface area contributed by atoms with Crippen molar-refractivity contribution < 1.29 is 18.7 Å². The highest BCUT2D eigenvalue weighted by molar-refractivity contribution is 6.01. The number of amides is 1. The van der Waals surface area contributed by atoms with Gasteiger partial charge in [0.2, 0.25) is 5.91 Å². The number of nitrogens with zero attached hydrogens (tertiary/aromatic N) is 1. The molecule has 0 atom stereocenters. The first-order chi connectivity index (χ1) is 15.9. The Kier molecular flexibility index (Phi) is 8.21. The lowest BCUT2D eigenvalue weighted by Gasteiger charge is -2.20. The summed E-state index contributed by atoms with van der Waals surface area (Å²) in [5.41, 5.74) is 5.52.